The minimum atomic E-state index is -0.405. The molecule has 0 saturated heterocycles. The minimum Gasteiger partial charge on any atom is -0.469 e. The lowest BCUT2D eigenvalue weighted by molar-refractivity contribution is -0.145. The zero-order chi connectivity index (χ0) is 19.2. The summed E-state index contributed by atoms with van der Waals surface area (Å²) >= 11 is 0. The summed E-state index contributed by atoms with van der Waals surface area (Å²) in [6.45, 7) is 0.282. The number of amides is 1. The maximum Gasteiger partial charge on any atom is 0.310 e. The van der Waals surface area contributed by atoms with E-state index in [4.69, 9.17) is 10.5 Å². The number of methoxy groups -OCH3 is 1. The molecule has 0 radical (unpaired) electrons. The molecule has 0 aliphatic heterocycles. The monoisotopic (exact) mass is 368 g/mol. The number of rotatable bonds is 6. The molecule has 1 aliphatic rings. The zero-order valence-corrected chi connectivity index (χ0v) is 15.8. The quantitative estimate of drug-likeness (QED) is 0.768. The lowest BCUT2D eigenvalue weighted by Gasteiger charge is -2.26. The highest BCUT2D eigenvalue weighted by Crippen LogP contribution is 2.23. The number of benzene rings is 2. The largest absolute Gasteiger partial charge is 0.469 e. The number of ether oxygens (including phenoxy) is 1. The van der Waals surface area contributed by atoms with E-state index in [0.29, 0.717) is 6.42 Å². The predicted octanol–water partition coefficient (Wildman–Crippen LogP) is 2.81. The zero-order valence-electron chi connectivity index (χ0n) is 15.8. The van der Waals surface area contributed by atoms with Crippen LogP contribution in [0.25, 0.3) is 10.8 Å². The van der Waals surface area contributed by atoms with Crippen LogP contribution in [-0.2, 0) is 20.7 Å². The molecule has 0 spiro atoms. The van der Waals surface area contributed by atoms with Crippen LogP contribution < -0.4 is 11.1 Å². The van der Waals surface area contributed by atoms with Crippen molar-refractivity contribution >= 4 is 22.6 Å². The molecule has 3 atom stereocenters. The molecule has 3 N–H and O–H groups in total. The van der Waals surface area contributed by atoms with Crippen molar-refractivity contribution < 1.29 is 14.3 Å². The van der Waals surface area contributed by atoms with E-state index in [0.717, 1.165) is 42.0 Å². The number of carbonyl (C=O) groups is 2. The summed E-state index contributed by atoms with van der Waals surface area (Å²) in [5.41, 5.74) is 7.04. The summed E-state index contributed by atoms with van der Waals surface area (Å²) in [6.07, 6.45) is 4.09. The van der Waals surface area contributed by atoms with E-state index in [9.17, 15) is 9.59 Å². The second-order valence-corrected chi connectivity index (χ2v) is 7.47. The third kappa shape index (κ3) is 5.07. The molecule has 27 heavy (non-hydrogen) atoms. The van der Waals surface area contributed by atoms with Gasteiger partial charge in [0.2, 0.25) is 5.91 Å². The first kappa shape index (κ1) is 19.4. The van der Waals surface area contributed by atoms with E-state index < -0.39 is 5.92 Å². The van der Waals surface area contributed by atoms with Crippen molar-refractivity contribution in [3.05, 3.63) is 48.0 Å². The lowest BCUT2D eigenvalue weighted by Crippen LogP contribution is -2.41. The van der Waals surface area contributed by atoms with Gasteiger partial charge in [0.05, 0.1) is 13.0 Å². The van der Waals surface area contributed by atoms with Gasteiger partial charge in [-0.3, -0.25) is 9.59 Å². The summed E-state index contributed by atoms with van der Waals surface area (Å²) in [6, 6.07) is 14.4. The van der Waals surface area contributed by atoms with Crippen LogP contribution in [-0.4, -0.2) is 31.6 Å². The molecule has 5 nitrogen and oxygen atoms in total. The van der Waals surface area contributed by atoms with Gasteiger partial charge >= 0.3 is 5.97 Å². The third-order valence-electron chi connectivity index (χ3n) is 5.44. The Hall–Kier alpha value is -2.40. The van der Waals surface area contributed by atoms with E-state index in [2.05, 4.69) is 29.6 Å². The average molecular weight is 368 g/mol. The fraction of sp³-hybridized carbons (Fsp3) is 0.455. The van der Waals surface area contributed by atoms with Crippen molar-refractivity contribution in [2.45, 2.75) is 38.1 Å². The molecule has 1 fully saturated rings. The molecule has 3 unspecified atom stereocenters. The van der Waals surface area contributed by atoms with E-state index in [1.165, 1.54) is 7.11 Å². The molecule has 0 bridgehead atoms. The first-order valence-electron chi connectivity index (χ1n) is 9.65. The van der Waals surface area contributed by atoms with Crippen molar-refractivity contribution in [2.24, 2.45) is 17.6 Å². The van der Waals surface area contributed by atoms with Crippen LogP contribution in [0.15, 0.2) is 42.5 Å². The summed E-state index contributed by atoms with van der Waals surface area (Å²) in [7, 11) is 1.39. The normalized spacial score (nSPS) is 20.8. The fourth-order valence-corrected chi connectivity index (χ4v) is 3.89. The summed E-state index contributed by atoms with van der Waals surface area (Å²) < 4.78 is 4.96. The predicted molar refractivity (Wildman–Crippen MR) is 106 cm³/mol. The molecule has 1 amide bonds. The topological polar surface area (TPSA) is 81.4 Å². The summed E-state index contributed by atoms with van der Waals surface area (Å²) in [4.78, 5) is 24.7. The third-order valence-corrected chi connectivity index (χ3v) is 5.44. The van der Waals surface area contributed by atoms with Crippen LogP contribution in [0.5, 0.6) is 0 Å². The second-order valence-electron chi connectivity index (χ2n) is 7.47. The van der Waals surface area contributed by atoms with Crippen LogP contribution in [0, 0.1) is 11.8 Å². The van der Waals surface area contributed by atoms with E-state index in [1.54, 1.807) is 0 Å². The van der Waals surface area contributed by atoms with Crippen molar-refractivity contribution in [3.63, 3.8) is 0 Å². The fourth-order valence-electron chi connectivity index (χ4n) is 3.89. The smallest absolute Gasteiger partial charge is 0.310 e. The van der Waals surface area contributed by atoms with Crippen molar-refractivity contribution in [2.75, 3.05) is 13.7 Å². The maximum atomic E-state index is 12.5. The minimum absolute atomic E-state index is 0.00226. The first-order chi connectivity index (χ1) is 13.1. The summed E-state index contributed by atoms with van der Waals surface area (Å²) in [5.74, 6) is -0.758. The highest BCUT2D eigenvalue weighted by molar-refractivity contribution is 5.83. The van der Waals surface area contributed by atoms with E-state index >= 15 is 0 Å². The first-order valence-corrected chi connectivity index (χ1v) is 9.65. The number of hydrogen-bond donors (Lipinski definition) is 2. The van der Waals surface area contributed by atoms with Crippen molar-refractivity contribution in [3.8, 4) is 0 Å². The molecule has 2 aromatic rings. The van der Waals surface area contributed by atoms with Gasteiger partial charge < -0.3 is 15.8 Å². The lowest BCUT2D eigenvalue weighted by atomic mass is 9.85. The molecule has 5 heteroatoms. The van der Waals surface area contributed by atoms with Crippen LogP contribution in [0.4, 0.5) is 0 Å². The van der Waals surface area contributed by atoms with Crippen molar-refractivity contribution in [1.82, 2.24) is 5.32 Å². The van der Waals surface area contributed by atoms with Crippen LogP contribution in [0.2, 0.25) is 0 Å². The molecular formula is C22H28N2O3. The van der Waals surface area contributed by atoms with Gasteiger partial charge in [-0.25, -0.2) is 0 Å². The second kappa shape index (κ2) is 9.00. The highest BCUT2D eigenvalue weighted by Gasteiger charge is 2.27. The van der Waals surface area contributed by atoms with E-state index in [1.807, 2.05) is 18.2 Å². The van der Waals surface area contributed by atoms with Crippen LogP contribution in [0.3, 0.4) is 0 Å². The average Bonchev–Trinajstić information content (AvgIpc) is 2.70. The molecule has 2 aromatic carbocycles. The van der Waals surface area contributed by atoms with Crippen molar-refractivity contribution in [1.29, 1.82) is 0 Å². The number of nitrogens with two attached hydrogens (primary N) is 1. The van der Waals surface area contributed by atoms with E-state index in [-0.39, 0.29) is 30.4 Å². The maximum absolute atomic E-state index is 12.5. The van der Waals surface area contributed by atoms with Gasteiger partial charge in [-0.05, 0) is 42.0 Å². The number of fused-ring (bicyclic) bond motifs is 1. The Balaban J connectivity index is 1.64. The Kier molecular flexibility index (Phi) is 6.45. The Labute approximate surface area is 160 Å². The molecule has 144 valence electrons. The molecule has 0 heterocycles. The van der Waals surface area contributed by atoms with Gasteiger partial charge in [-0.15, -0.1) is 0 Å². The molecule has 3 rings (SSSR count). The Morgan fingerprint density at radius 2 is 1.96 bits per heavy atom. The Morgan fingerprint density at radius 1 is 1.19 bits per heavy atom. The molecular weight excluding hydrogens is 340 g/mol. The summed E-state index contributed by atoms with van der Waals surface area (Å²) in [5, 5.41) is 5.25. The SMILES string of the molecule is COC(=O)C(CNC(=O)C1CCCC(N)C1)Cc1ccc2ccccc2c1. The van der Waals surface area contributed by atoms with Gasteiger partial charge in [-0.1, -0.05) is 48.9 Å². The number of hydrogen-bond acceptors (Lipinski definition) is 4. The highest BCUT2D eigenvalue weighted by atomic mass is 16.5. The van der Waals surface area contributed by atoms with Crippen LogP contribution >= 0.6 is 0 Å². The molecule has 0 aromatic heterocycles. The van der Waals surface area contributed by atoms with Gasteiger partial charge in [-0.2, -0.15) is 0 Å². The van der Waals surface area contributed by atoms with Crippen LogP contribution in [0.1, 0.15) is 31.2 Å². The number of esters is 1. The van der Waals surface area contributed by atoms with Gasteiger partial charge in [0.15, 0.2) is 0 Å². The standard InChI is InChI=1S/C22H28N2O3/c1-27-22(26)19(14-24-21(25)18-7-4-8-20(23)13-18)12-15-9-10-16-5-2-3-6-17(16)11-15/h2-3,5-6,9-11,18-20H,4,7-8,12-14,23H2,1H3,(H,24,25). The molecule has 1 aliphatic carbocycles. The number of nitrogens with one attached hydrogen (secondary N) is 1. The Bertz CT molecular complexity index is 805. The van der Waals surface area contributed by atoms with Gasteiger partial charge in [0.1, 0.15) is 0 Å². The molecule has 1 saturated carbocycles. The van der Waals surface area contributed by atoms with Gasteiger partial charge in [0.25, 0.3) is 0 Å². The Morgan fingerprint density at radius 3 is 2.70 bits per heavy atom. The number of carbonyl (C=O) groups excluding carboxylic acids is 2. The van der Waals surface area contributed by atoms with Gasteiger partial charge in [0, 0.05) is 18.5 Å².